The minimum atomic E-state index is -0.506. The number of nitrogens with zero attached hydrogens (tertiary/aromatic N) is 1. The van der Waals surface area contributed by atoms with Crippen LogP contribution in [-0.4, -0.2) is 16.8 Å². The van der Waals surface area contributed by atoms with Crippen molar-refractivity contribution in [3.63, 3.8) is 0 Å². The summed E-state index contributed by atoms with van der Waals surface area (Å²) in [5.41, 5.74) is 8.68. The first-order chi connectivity index (χ1) is 15.9. The number of pyridine rings is 1. The highest BCUT2D eigenvalue weighted by Crippen LogP contribution is 2.39. The van der Waals surface area contributed by atoms with E-state index in [-0.39, 0.29) is 24.1 Å². The summed E-state index contributed by atoms with van der Waals surface area (Å²) < 4.78 is 13.4. The zero-order valence-electron chi connectivity index (χ0n) is 18.3. The molecule has 33 heavy (non-hydrogen) atoms. The third-order valence-electron chi connectivity index (χ3n) is 6.18. The summed E-state index contributed by atoms with van der Waals surface area (Å²) in [6, 6.07) is 16.2. The second kappa shape index (κ2) is 9.92. The van der Waals surface area contributed by atoms with Crippen molar-refractivity contribution < 1.29 is 14.0 Å². The van der Waals surface area contributed by atoms with Crippen molar-refractivity contribution in [1.29, 1.82) is 0 Å². The quantitative estimate of drug-likeness (QED) is 0.500. The zero-order chi connectivity index (χ0) is 23.3. The zero-order valence-corrected chi connectivity index (χ0v) is 18.3. The monoisotopic (exact) mass is 446 g/mol. The summed E-state index contributed by atoms with van der Waals surface area (Å²) in [5, 5.41) is 5.98. The molecule has 1 aromatic heterocycles. The number of amides is 2. The van der Waals surface area contributed by atoms with E-state index in [1.54, 1.807) is 60.9 Å². The number of anilines is 1. The van der Waals surface area contributed by atoms with E-state index in [1.807, 2.05) is 0 Å². The largest absolute Gasteiger partial charge is 0.347 e. The van der Waals surface area contributed by atoms with Gasteiger partial charge in [-0.3, -0.25) is 14.6 Å². The number of halogens is 1. The van der Waals surface area contributed by atoms with Crippen molar-refractivity contribution in [3.05, 3.63) is 95.6 Å². The third-order valence-corrected chi connectivity index (χ3v) is 6.18. The van der Waals surface area contributed by atoms with E-state index < -0.39 is 11.6 Å². The molecule has 0 radical (unpaired) electrons. The fourth-order valence-corrected chi connectivity index (χ4v) is 4.39. The Morgan fingerprint density at radius 2 is 1.61 bits per heavy atom. The average molecular weight is 447 g/mol. The van der Waals surface area contributed by atoms with Crippen LogP contribution >= 0.6 is 0 Å². The van der Waals surface area contributed by atoms with E-state index >= 15 is 0 Å². The smallest absolute Gasteiger partial charge is 0.255 e. The van der Waals surface area contributed by atoms with Crippen molar-refractivity contribution in [2.24, 2.45) is 5.73 Å². The van der Waals surface area contributed by atoms with Crippen LogP contribution in [0.15, 0.2) is 73.1 Å². The molecule has 2 amide bonds. The summed E-state index contributed by atoms with van der Waals surface area (Å²) in [7, 11) is 0. The molecule has 7 heteroatoms. The highest BCUT2D eigenvalue weighted by atomic mass is 19.1. The minimum Gasteiger partial charge on any atom is -0.347 e. The van der Waals surface area contributed by atoms with Crippen LogP contribution in [0.25, 0.3) is 0 Å². The van der Waals surface area contributed by atoms with Crippen LogP contribution in [0, 0.1) is 5.82 Å². The van der Waals surface area contributed by atoms with E-state index in [0.717, 1.165) is 36.8 Å². The maximum Gasteiger partial charge on any atom is 0.255 e. The van der Waals surface area contributed by atoms with Gasteiger partial charge in [-0.25, -0.2) is 4.39 Å². The fourth-order valence-electron chi connectivity index (χ4n) is 4.39. The highest BCUT2D eigenvalue weighted by molar-refractivity contribution is 6.04. The van der Waals surface area contributed by atoms with Gasteiger partial charge in [-0.1, -0.05) is 37.1 Å². The van der Waals surface area contributed by atoms with Crippen LogP contribution < -0.4 is 16.4 Å². The third kappa shape index (κ3) is 5.43. The summed E-state index contributed by atoms with van der Waals surface area (Å²) in [5.74, 6) is -0.673. The lowest BCUT2D eigenvalue weighted by Crippen LogP contribution is -2.44. The minimum absolute atomic E-state index is 0.117. The molecule has 3 aromatic rings. The topological polar surface area (TPSA) is 97.1 Å². The number of benzene rings is 2. The second-order valence-electron chi connectivity index (χ2n) is 8.47. The van der Waals surface area contributed by atoms with Gasteiger partial charge >= 0.3 is 0 Å². The lowest BCUT2D eigenvalue weighted by Gasteiger charge is -2.31. The number of rotatable bonds is 7. The van der Waals surface area contributed by atoms with Gasteiger partial charge in [-0.05, 0) is 60.4 Å². The number of nitrogens with two attached hydrogens (primary N) is 1. The molecule has 1 aliphatic carbocycles. The molecular formula is C26H27FN4O2. The van der Waals surface area contributed by atoms with Crippen molar-refractivity contribution in [2.75, 3.05) is 5.32 Å². The molecular weight excluding hydrogens is 419 g/mol. The van der Waals surface area contributed by atoms with E-state index in [1.165, 1.54) is 12.1 Å². The first-order valence-electron chi connectivity index (χ1n) is 11.1. The van der Waals surface area contributed by atoms with Gasteiger partial charge in [0.05, 0.1) is 5.54 Å². The van der Waals surface area contributed by atoms with Gasteiger partial charge in [0.2, 0.25) is 5.91 Å². The summed E-state index contributed by atoms with van der Waals surface area (Å²) in [6.07, 6.45) is 6.98. The molecule has 1 fully saturated rings. The molecule has 170 valence electrons. The molecule has 2 aromatic carbocycles. The molecule has 6 nitrogen and oxygen atoms in total. The molecule has 1 heterocycles. The molecule has 0 spiro atoms. The summed E-state index contributed by atoms with van der Waals surface area (Å²) in [6.45, 7) is 0. The number of aromatic nitrogens is 1. The Labute approximate surface area is 192 Å². The molecule has 4 N–H and O–H groups in total. The molecule has 1 unspecified atom stereocenters. The van der Waals surface area contributed by atoms with Gasteiger partial charge in [0, 0.05) is 36.1 Å². The molecule has 1 atom stereocenters. The Bertz CT molecular complexity index is 1100. The van der Waals surface area contributed by atoms with Crippen molar-refractivity contribution in [3.8, 4) is 0 Å². The number of nitrogens with one attached hydrogen (secondary N) is 2. The number of carbonyl (C=O) groups excluding carboxylic acids is 2. The van der Waals surface area contributed by atoms with Crippen LogP contribution in [-0.2, 0) is 10.3 Å². The SMILES string of the molecule is NC(CC(=O)NC1(c2ccc(F)cc2)CCCC1)c1ccc(C(=O)Nc2ccncc2)cc1. The highest BCUT2D eigenvalue weighted by Gasteiger charge is 2.37. The van der Waals surface area contributed by atoms with Crippen molar-refractivity contribution >= 4 is 17.5 Å². The Morgan fingerprint density at radius 3 is 2.24 bits per heavy atom. The van der Waals surface area contributed by atoms with E-state index in [9.17, 15) is 14.0 Å². The Morgan fingerprint density at radius 1 is 0.970 bits per heavy atom. The van der Waals surface area contributed by atoms with E-state index in [4.69, 9.17) is 5.73 Å². The summed E-state index contributed by atoms with van der Waals surface area (Å²) >= 11 is 0. The van der Waals surface area contributed by atoms with Gasteiger partial charge in [0.15, 0.2) is 0 Å². The van der Waals surface area contributed by atoms with Crippen molar-refractivity contribution in [1.82, 2.24) is 10.3 Å². The maximum absolute atomic E-state index is 13.4. The number of hydrogen-bond acceptors (Lipinski definition) is 4. The van der Waals surface area contributed by atoms with Crippen molar-refractivity contribution in [2.45, 2.75) is 43.7 Å². The van der Waals surface area contributed by atoms with Crippen LogP contribution in [0.1, 0.15) is 59.6 Å². The number of carbonyl (C=O) groups is 2. The lowest BCUT2D eigenvalue weighted by atomic mass is 9.87. The van der Waals surface area contributed by atoms with Crippen LogP contribution in [0.5, 0.6) is 0 Å². The van der Waals surface area contributed by atoms with Crippen LogP contribution in [0.2, 0.25) is 0 Å². The second-order valence-corrected chi connectivity index (χ2v) is 8.47. The maximum atomic E-state index is 13.4. The van der Waals surface area contributed by atoms with Gasteiger partial charge in [-0.15, -0.1) is 0 Å². The Kier molecular flexibility index (Phi) is 6.79. The van der Waals surface area contributed by atoms with Gasteiger partial charge in [0.1, 0.15) is 5.82 Å². The predicted octanol–water partition coefficient (Wildman–Crippen LogP) is 4.45. The van der Waals surface area contributed by atoms with Gasteiger partial charge in [0.25, 0.3) is 5.91 Å². The Balaban J connectivity index is 1.38. The average Bonchev–Trinajstić information content (AvgIpc) is 3.29. The number of hydrogen-bond donors (Lipinski definition) is 3. The first-order valence-corrected chi connectivity index (χ1v) is 11.1. The molecule has 4 rings (SSSR count). The fraction of sp³-hybridized carbons (Fsp3) is 0.269. The predicted molar refractivity (Wildman–Crippen MR) is 125 cm³/mol. The van der Waals surface area contributed by atoms with Gasteiger partial charge < -0.3 is 16.4 Å². The molecule has 0 aliphatic heterocycles. The van der Waals surface area contributed by atoms with Crippen LogP contribution in [0.4, 0.5) is 10.1 Å². The van der Waals surface area contributed by atoms with E-state index in [2.05, 4.69) is 15.6 Å². The first kappa shape index (κ1) is 22.6. The van der Waals surface area contributed by atoms with Crippen LogP contribution in [0.3, 0.4) is 0 Å². The standard InChI is InChI=1S/C26H27FN4O2/c27-21-9-7-20(8-10-21)26(13-1-2-14-26)31-24(32)17-23(28)18-3-5-19(6-4-18)25(33)30-22-11-15-29-16-12-22/h3-12,15-16,23H,1-2,13-14,17,28H2,(H,31,32)(H,29,30,33). The molecule has 0 bridgehead atoms. The van der Waals surface area contributed by atoms with Gasteiger partial charge in [-0.2, -0.15) is 0 Å². The normalized spacial score (nSPS) is 15.6. The Hall–Kier alpha value is -3.58. The molecule has 1 aliphatic rings. The summed E-state index contributed by atoms with van der Waals surface area (Å²) in [4.78, 5) is 29.2. The molecule has 0 saturated heterocycles. The van der Waals surface area contributed by atoms with E-state index in [0.29, 0.717) is 11.3 Å². The molecule has 1 saturated carbocycles. The lowest BCUT2D eigenvalue weighted by molar-refractivity contribution is -0.123.